The molecule has 0 aliphatic rings. The fourth-order valence-corrected chi connectivity index (χ4v) is 1.70. The van der Waals surface area contributed by atoms with Gasteiger partial charge >= 0.3 is 6.01 Å². The first-order chi connectivity index (χ1) is 9.62. The van der Waals surface area contributed by atoms with Crippen molar-refractivity contribution in [3.63, 3.8) is 0 Å². The molecule has 0 saturated carbocycles. The standard InChI is InChI=1S/C13H19N5O2/c1-5-14-11-16-12(18-13(17-11)19-4)15-9(3)10-7-6-8(2)20-10/h6-7,9H,5H2,1-4H3,(H2,14,15,16,17,18). The summed E-state index contributed by atoms with van der Waals surface area (Å²) in [6.45, 7) is 6.57. The van der Waals surface area contributed by atoms with E-state index in [1.807, 2.05) is 32.9 Å². The van der Waals surface area contributed by atoms with Crippen LogP contribution in [0.15, 0.2) is 16.5 Å². The number of anilines is 2. The predicted molar refractivity (Wildman–Crippen MR) is 76.0 cm³/mol. The third-order valence-corrected chi connectivity index (χ3v) is 2.67. The number of nitrogens with zero attached hydrogens (tertiary/aromatic N) is 3. The highest BCUT2D eigenvalue weighted by atomic mass is 16.5. The summed E-state index contributed by atoms with van der Waals surface area (Å²) in [5, 5.41) is 6.20. The zero-order chi connectivity index (χ0) is 14.5. The van der Waals surface area contributed by atoms with Crippen molar-refractivity contribution in [1.29, 1.82) is 0 Å². The van der Waals surface area contributed by atoms with Crippen LogP contribution in [0.4, 0.5) is 11.9 Å². The maximum absolute atomic E-state index is 5.57. The van der Waals surface area contributed by atoms with Crippen LogP contribution in [0.25, 0.3) is 0 Å². The fraction of sp³-hybridized carbons (Fsp3) is 0.462. The Morgan fingerprint density at radius 3 is 2.60 bits per heavy atom. The molecular weight excluding hydrogens is 258 g/mol. The summed E-state index contributed by atoms with van der Waals surface area (Å²) in [7, 11) is 1.52. The second-order valence-corrected chi connectivity index (χ2v) is 4.31. The monoisotopic (exact) mass is 277 g/mol. The van der Waals surface area contributed by atoms with E-state index in [-0.39, 0.29) is 12.1 Å². The van der Waals surface area contributed by atoms with Crippen molar-refractivity contribution < 1.29 is 9.15 Å². The zero-order valence-electron chi connectivity index (χ0n) is 12.1. The molecule has 0 spiro atoms. The van der Waals surface area contributed by atoms with Crippen molar-refractivity contribution in [2.45, 2.75) is 26.8 Å². The molecule has 7 heteroatoms. The topological polar surface area (TPSA) is 85.1 Å². The summed E-state index contributed by atoms with van der Waals surface area (Å²) in [4.78, 5) is 12.6. The van der Waals surface area contributed by atoms with Crippen LogP contribution in [-0.4, -0.2) is 28.6 Å². The summed E-state index contributed by atoms with van der Waals surface area (Å²) in [6.07, 6.45) is 0. The number of ether oxygens (including phenoxy) is 1. The van der Waals surface area contributed by atoms with Gasteiger partial charge in [0, 0.05) is 6.54 Å². The smallest absolute Gasteiger partial charge is 0.322 e. The third kappa shape index (κ3) is 3.37. The summed E-state index contributed by atoms with van der Waals surface area (Å²) in [5.41, 5.74) is 0. The maximum Gasteiger partial charge on any atom is 0.322 e. The largest absolute Gasteiger partial charge is 0.467 e. The number of aromatic nitrogens is 3. The molecule has 0 amide bonds. The quantitative estimate of drug-likeness (QED) is 0.838. The van der Waals surface area contributed by atoms with Crippen molar-refractivity contribution in [3.05, 3.63) is 23.7 Å². The Bertz CT molecular complexity index is 570. The summed E-state index contributed by atoms with van der Waals surface area (Å²) < 4.78 is 10.6. The fourth-order valence-electron chi connectivity index (χ4n) is 1.70. The molecule has 0 aliphatic carbocycles. The van der Waals surface area contributed by atoms with Crippen molar-refractivity contribution in [2.75, 3.05) is 24.3 Å². The van der Waals surface area contributed by atoms with E-state index in [9.17, 15) is 0 Å². The second-order valence-electron chi connectivity index (χ2n) is 4.31. The van der Waals surface area contributed by atoms with Gasteiger partial charge < -0.3 is 19.8 Å². The van der Waals surface area contributed by atoms with Crippen LogP contribution < -0.4 is 15.4 Å². The van der Waals surface area contributed by atoms with Gasteiger partial charge in [-0.2, -0.15) is 15.0 Å². The first-order valence-electron chi connectivity index (χ1n) is 6.49. The van der Waals surface area contributed by atoms with Gasteiger partial charge in [0.05, 0.1) is 13.2 Å². The molecule has 0 bridgehead atoms. The molecule has 0 fully saturated rings. The normalized spacial score (nSPS) is 12.0. The van der Waals surface area contributed by atoms with Crippen LogP contribution in [0, 0.1) is 6.92 Å². The van der Waals surface area contributed by atoms with Gasteiger partial charge in [-0.1, -0.05) is 0 Å². The van der Waals surface area contributed by atoms with Gasteiger partial charge in [0.25, 0.3) is 0 Å². The van der Waals surface area contributed by atoms with Crippen LogP contribution in [-0.2, 0) is 0 Å². The van der Waals surface area contributed by atoms with E-state index in [0.29, 0.717) is 11.9 Å². The lowest BCUT2D eigenvalue weighted by atomic mass is 10.2. The highest BCUT2D eigenvalue weighted by molar-refractivity contribution is 5.37. The number of methoxy groups -OCH3 is 1. The molecule has 2 heterocycles. The molecule has 20 heavy (non-hydrogen) atoms. The van der Waals surface area contributed by atoms with Crippen LogP contribution >= 0.6 is 0 Å². The van der Waals surface area contributed by atoms with Crippen LogP contribution in [0.3, 0.4) is 0 Å². The highest BCUT2D eigenvalue weighted by Gasteiger charge is 2.13. The summed E-state index contributed by atoms with van der Waals surface area (Å²) in [6, 6.07) is 4.06. The number of rotatable bonds is 6. The number of hydrogen-bond donors (Lipinski definition) is 2. The van der Waals surface area contributed by atoms with Gasteiger partial charge in [0.2, 0.25) is 11.9 Å². The summed E-state index contributed by atoms with van der Waals surface area (Å²) >= 11 is 0. The van der Waals surface area contributed by atoms with E-state index in [4.69, 9.17) is 9.15 Å². The van der Waals surface area contributed by atoms with Gasteiger partial charge in [0.15, 0.2) is 0 Å². The minimum Gasteiger partial charge on any atom is -0.467 e. The van der Waals surface area contributed by atoms with E-state index in [1.54, 1.807) is 0 Å². The third-order valence-electron chi connectivity index (χ3n) is 2.67. The molecule has 2 N–H and O–H groups in total. The van der Waals surface area contributed by atoms with Crippen molar-refractivity contribution in [1.82, 2.24) is 15.0 Å². The molecule has 2 aromatic rings. The Balaban J connectivity index is 2.17. The molecule has 0 aromatic carbocycles. The Labute approximate surface area is 117 Å². The molecule has 0 aliphatic heterocycles. The lowest BCUT2D eigenvalue weighted by Gasteiger charge is -2.12. The van der Waals surface area contributed by atoms with Crippen LogP contribution in [0.1, 0.15) is 31.4 Å². The number of nitrogens with one attached hydrogen (secondary N) is 2. The van der Waals surface area contributed by atoms with Gasteiger partial charge in [-0.25, -0.2) is 0 Å². The minimum absolute atomic E-state index is 0.0507. The molecule has 0 saturated heterocycles. The van der Waals surface area contributed by atoms with Crippen molar-refractivity contribution in [3.8, 4) is 6.01 Å². The number of furan rings is 1. The molecule has 2 aromatic heterocycles. The Hall–Kier alpha value is -2.31. The van der Waals surface area contributed by atoms with Crippen molar-refractivity contribution >= 4 is 11.9 Å². The maximum atomic E-state index is 5.57. The Morgan fingerprint density at radius 1 is 1.25 bits per heavy atom. The van der Waals surface area contributed by atoms with E-state index < -0.39 is 0 Å². The molecule has 1 unspecified atom stereocenters. The van der Waals surface area contributed by atoms with E-state index in [1.165, 1.54) is 7.11 Å². The molecule has 7 nitrogen and oxygen atoms in total. The first kappa shape index (κ1) is 14.1. The summed E-state index contributed by atoms with van der Waals surface area (Å²) in [5.74, 6) is 2.61. The highest BCUT2D eigenvalue weighted by Crippen LogP contribution is 2.20. The van der Waals surface area contributed by atoms with Crippen molar-refractivity contribution in [2.24, 2.45) is 0 Å². The molecule has 1 atom stereocenters. The first-order valence-corrected chi connectivity index (χ1v) is 6.49. The average Bonchev–Trinajstić information content (AvgIpc) is 2.85. The SMILES string of the molecule is CCNc1nc(NC(C)c2ccc(C)o2)nc(OC)n1. The molecule has 0 radical (unpaired) electrons. The van der Waals surface area contributed by atoms with Gasteiger partial charge in [-0.15, -0.1) is 0 Å². The van der Waals surface area contributed by atoms with Gasteiger partial charge in [0.1, 0.15) is 11.5 Å². The van der Waals surface area contributed by atoms with E-state index in [0.717, 1.165) is 18.1 Å². The molecule has 108 valence electrons. The van der Waals surface area contributed by atoms with E-state index >= 15 is 0 Å². The van der Waals surface area contributed by atoms with Crippen LogP contribution in [0.2, 0.25) is 0 Å². The van der Waals surface area contributed by atoms with E-state index in [2.05, 4.69) is 25.6 Å². The number of hydrogen-bond acceptors (Lipinski definition) is 7. The molecule has 2 rings (SSSR count). The lowest BCUT2D eigenvalue weighted by molar-refractivity contribution is 0.379. The minimum atomic E-state index is -0.0507. The predicted octanol–water partition coefficient (Wildman–Crippen LogP) is 2.39. The van der Waals surface area contributed by atoms with Crippen LogP contribution in [0.5, 0.6) is 6.01 Å². The lowest BCUT2D eigenvalue weighted by Crippen LogP contribution is -2.12. The second kappa shape index (κ2) is 6.23. The zero-order valence-corrected chi connectivity index (χ0v) is 12.1. The van der Waals surface area contributed by atoms with Gasteiger partial charge in [-0.3, -0.25) is 0 Å². The molecular formula is C13H19N5O2. The Morgan fingerprint density at radius 2 is 2.00 bits per heavy atom. The average molecular weight is 277 g/mol. The van der Waals surface area contributed by atoms with Gasteiger partial charge in [-0.05, 0) is 32.9 Å². The Kier molecular flexibility index (Phi) is 4.39. The number of aryl methyl sites for hydroxylation is 1.